The van der Waals surface area contributed by atoms with Gasteiger partial charge in [0.1, 0.15) is 11.4 Å². The lowest BCUT2D eigenvalue weighted by Crippen LogP contribution is -2.32. The minimum atomic E-state index is -0.533. The minimum Gasteiger partial charge on any atom is -0.497 e. The second-order valence-corrected chi connectivity index (χ2v) is 6.93. The fourth-order valence-electron chi connectivity index (χ4n) is 2.71. The van der Waals surface area contributed by atoms with Gasteiger partial charge in [0, 0.05) is 13.0 Å². The van der Waals surface area contributed by atoms with Crippen LogP contribution in [0.4, 0.5) is 0 Å². The van der Waals surface area contributed by atoms with Gasteiger partial charge in [-0.25, -0.2) is 0 Å². The lowest BCUT2D eigenvalue weighted by atomic mass is 10.1. The molecule has 1 aromatic carbocycles. The molecule has 2 atom stereocenters. The van der Waals surface area contributed by atoms with Gasteiger partial charge >= 0.3 is 5.97 Å². The van der Waals surface area contributed by atoms with E-state index in [1.807, 2.05) is 52.0 Å². The SMILES string of the molecule is COc1ccc([C@H](C)N2CC(C(=O)OC(C)(C)C)CC2=O)cc1. The maximum absolute atomic E-state index is 12.3. The Kier molecular flexibility index (Phi) is 4.97. The number of carbonyl (C=O) groups excluding carboxylic acids is 2. The Labute approximate surface area is 137 Å². The van der Waals surface area contributed by atoms with Crippen molar-refractivity contribution in [1.29, 1.82) is 0 Å². The van der Waals surface area contributed by atoms with Crippen molar-refractivity contribution in [2.24, 2.45) is 5.92 Å². The van der Waals surface area contributed by atoms with Crippen LogP contribution in [0.5, 0.6) is 5.75 Å². The van der Waals surface area contributed by atoms with Crippen molar-refractivity contribution in [3.8, 4) is 5.75 Å². The van der Waals surface area contributed by atoms with Crippen LogP contribution in [-0.2, 0) is 14.3 Å². The molecule has 0 bridgehead atoms. The van der Waals surface area contributed by atoms with Crippen LogP contribution in [0.2, 0.25) is 0 Å². The molecule has 0 saturated carbocycles. The third-order valence-electron chi connectivity index (χ3n) is 3.96. The van der Waals surface area contributed by atoms with Crippen LogP contribution in [0.3, 0.4) is 0 Å². The second kappa shape index (κ2) is 6.60. The van der Waals surface area contributed by atoms with E-state index in [1.54, 1.807) is 12.0 Å². The minimum absolute atomic E-state index is 0.0100. The predicted molar refractivity (Wildman–Crippen MR) is 87.1 cm³/mol. The summed E-state index contributed by atoms with van der Waals surface area (Å²) in [5.74, 6) is 0.0854. The Morgan fingerprint density at radius 1 is 1.26 bits per heavy atom. The quantitative estimate of drug-likeness (QED) is 0.801. The molecule has 23 heavy (non-hydrogen) atoms. The number of esters is 1. The lowest BCUT2D eigenvalue weighted by molar-refractivity contribution is -0.159. The van der Waals surface area contributed by atoms with E-state index in [-0.39, 0.29) is 30.3 Å². The number of nitrogens with zero attached hydrogens (tertiary/aromatic N) is 1. The fraction of sp³-hybridized carbons (Fsp3) is 0.556. The molecule has 0 radical (unpaired) electrons. The van der Waals surface area contributed by atoms with Crippen LogP contribution in [0.1, 0.15) is 45.7 Å². The lowest BCUT2D eigenvalue weighted by Gasteiger charge is -2.26. The number of carbonyl (C=O) groups is 2. The number of likely N-dealkylation sites (tertiary alicyclic amines) is 1. The summed E-state index contributed by atoms with van der Waals surface area (Å²) < 4.78 is 10.5. The number of amides is 1. The molecule has 1 aliphatic heterocycles. The van der Waals surface area contributed by atoms with Gasteiger partial charge in [0.2, 0.25) is 5.91 Å². The third-order valence-corrected chi connectivity index (χ3v) is 3.96. The molecule has 0 aliphatic carbocycles. The maximum Gasteiger partial charge on any atom is 0.311 e. The molecule has 1 amide bonds. The normalized spacial score (nSPS) is 19.6. The molecule has 0 N–H and O–H groups in total. The number of methoxy groups -OCH3 is 1. The van der Waals surface area contributed by atoms with E-state index in [4.69, 9.17) is 9.47 Å². The highest BCUT2D eigenvalue weighted by Gasteiger charge is 2.39. The molecular formula is C18H25NO4. The van der Waals surface area contributed by atoms with Crippen molar-refractivity contribution in [2.75, 3.05) is 13.7 Å². The summed E-state index contributed by atoms with van der Waals surface area (Å²) in [6, 6.07) is 7.55. The monoisotopic (exact) mass is 319 g/mol. The Balaban J connectivity index is 2.05. The maximum atomic E-state index is 12.3. The van der Waals surface area contributed by atoms with Crippen LogP contribution in [0, 0.1) is 5.92 Å². The van der Waals surface area contributed by atoms with E-state index in [9.17, 15) is 9.59 Å². The van der Waals surface area contributed by atoms with Crippen LogP contribution >= 0.6 is 0 Å². The first-order chi connectivity index (χ1) is 10.7. The predicted octanol–water partition coefficient (Wildman–Crippen LogP) is 2.95. The van der Waals surface area contributed by atoms with E-state index in [0.717, 1.165) is 11.3 Å². The van der Waals surface area contributed by atoms with E-state index >= 15 is 0 Å². The Morgan fingerprint density at radius 2 is 1.87 bits per heavy atom. The molecule has 2 rings (SSSR count). The van der Waals surface area contributed by atoms with E-state index < -0.39 is 5.60 Å². The smallest absolute Gasteiger partial charge is 0.311 e. The Bertz CT molecular complexity index is 574. The molecule has 1 aromatic rings. The van der Waals surface area contributed by atoms with Crippen LogP contribution in [0.25, 0.3) is 0 Å². The van der Waals surface area contributed by atoms with E-state index in [0.29, 0.717) is 6.54 Å². The van der Waals surface area contributed by atoms with Crippen molar-refractivity contribution in [2.45, 2.75) is 45.8 Å². The summed E-state index contributed by atoms with van der Waals surface area (Å²) in [6.45, 7) is 7.87. The largest absolute Gasteiger partial charge is 0.497 e. The van der Waals surface area contributed by atoms with Gasteiger partial charge in [-0.2, -0.15) is 0 Å². The molecule has 5 nitrogen and oxygen atoms in total. The highest BCUT2D eigenvalue weighted by Crippen LogP contribution is 2.30. The van der Waals surface area contributed by atoms with Crippen LogP contribution in [0.15, 0.2) is 24.3 Å². The number of ether oxygens (including phenoxy) is 2. The van der Waals surface area contributed by atoms with Gasteiger partial charge < -0.3 is 14.4 Å². The number of hydrogen-bond acceptors (Lipinski definition) is 4. The van der Waals surface area contributed by atoms with Gasteiger partial charge in [-0.05, 0) is 45.4 Å². The van der Waals surface area contributed by atoms with Gasteiger partial charge in [0.05, 0.1) is 19.1 Å². The topological polar surface area (TPSA) is 55.8 Å². The number of benzene rings is 1. The number of rotatable bonds is 4. The van der Waals surface area contributed by atoms with E-state index in [1.165, 1.54) is 0 Å². The number of hydrogen-bond donors (Lipinski definition) is 0. The zero-order chi connectivity index (χ0) is 17.2. The van der Waals surface area contributed by atoms with Crippen molar-refractivity contribution < 1.29 is 19.1 Å². The summed E-state index contributed by atoms with van der Waals surface area (Å²) in [4.78, 5) is 26.2. The molecule has 0 aromatic heterocycles. The van der Waals surface area contributed by atoms with Gasteiger partial charge in [-0.1, -0.05) is 12.1 Å². The zero-order valence-corrected chi connectivity index (χ0v) is 14.5. The zero-order valence-electron chi connectivity index (χ0n) is 14.5. The van der Waals surface area contributed by atoms with Crippen LogP contribution < -0.4 is 4.74 Å². The van der Waals surface area contributed by atoms with Gasteiger partial charge in [0.15, 0.2) is 0 Å². The third kappa shape index (κ3) is 4.24. The average molecular weight is 319 g/mol. The molecule has 1 saturated heterocycles. The van der Waals surface area contributed by atoms with Crippen LogP contribution in [-0.4, -0.2) is 36.0 Å². The first-order valence-corrected chi connectivity index (χ1v) is 7.87. The van der Waals surface area contributed by atoms with Crippen molar-refractivity contribution in [3.63, 3.8) is 0 Å². The molecule has 1 unspecified atom stereocenters. The molecule has 126 valence electrons. The Morgan fingerprint density at radius 3 is 2.39 bits per heavy atom. The second-order valence-electron chi connectivity index (χ2n) is 6.93. The summed E-state index contributed by atoms with van der Waals surface area (Å²) in [5.41, 5.74) is 0.485. The highest BCUT2D eigenvalue weighted by molar-refractivity contribution is 5.87. The first-order valence-electron chi connectivity index (χ1n) is 7.87. The van der Waals surface area contributed by atoms with Crippen molar-refractivity contribution in [3.05, 3.63) is 29.8 Å². The van der Waals surface area contributed by atoms with Crippen molar-refractivity contribution in [1.82, 2.24) is 4.90 Å². The molecule has 5 heteroatoms. The fourth-order valence-corrected chi connectivity index (χ4v) is 2.71. The van der Waals surface area contributed by atoms with E-state index in [2.05, 4.69) is 0 Å². The van der Waals surface area contributed by atoms with Gasteiger partial charge in [0.25, 0.3) is 0 Å². The summed E-state index contributed by atoms with van der Waals surface area (Å²) in [6.07, 6.45) is 0.218. The average Bonchev–Trinajstić information content (AvgIpc) is 2.87. The molecule has 1 heterocycles. The first kappa shape index (κ1) is 17.3. The standard InChI is InChI=1S/C18H25NO4/c1-12(13-6-8-15(22-5)9-7-13)19-11-14(10-16(19)20)17(21)23-18(2,3)4/h6-9,12,14H,10-11H2,1-5H3/t12-,14?/m0/s1. The molecule has 1 fully saturated rings. The molecular weight excluding hydrogens is 294 g/mol. The summed E-state index contributed by atoms with van der Waals surface area (Å²) in [7, 11) is 1.62. The molecule has 1 aliphatic rings. The summed E-state index contributed by atoms with van der Waals surface area (Å²) in [5, 5.41) is 0. The Hall–Kier alpha value is -2.04. The van der Waals surface area contributed by atoms with Gasteiger partial charge in [-0.3, -0.25) is 9.59 Å². The van der Waals surface area contributed by atoms with Gasteiger partial charge in [-0.15, -0.1) is 0 Å². The highest BCUT2D eigenvalue weighted by atomic mass is 16.6. The molecule has 0 spiro atoms. The summed E-state index contributed by atoms with van der Waals surface area (Å²) >= 11 is 0. The van der Waals surface area contributed by atoms with Crippen molar-refractivity contribution >= 4 is 11.9 Å².